The summed E-state index contributed by atoms with van der Waals surface area (Å²) in [5.74, 6) is 0.559. The van der Waals surface area contributed by atoms with Crippen molar-refractivity contribution in [1.29, 1.82) is 0 Å². The van der Waals surface area contributed by atoms with Crippen LogP contribution in [0.4, 0.5) is 0 Å². The monoisotopic (exact) mass is 357 g/mol. The Balaban J connectivity index is 1.94. The Morgan fingerprint density at radius 1 is 1.55 bits per heavy atom. The summed E-state index contributed by atoms with van der Waals surface area (Å²) in [6.07, 6.45) is 7.18. The molecule has 0 atom stereocenters. The second-order valence-corrected chi connectivity index (χ2v) is 8.08. The molecule has 1 aromatic heterocycles. The van der Waals surface area contributed by atoms with E-state index in [0.717, 1.165) is 34.3 Å². The molecule has 1 heterocycles. The number of aliphatic hydroxyl groups excluding tert-OH is 1. The van der Waals surface area contributed by atoms with E-state index in [2.05, 4.69) is 28.2 Å². The van der Waals surface area contributed by atoms with Gasteiger partial charge in [0.2, 0.25) is 5.91 Å². The Kier molecular flexibility index (Phi) is 5.41. The molecule has 20 heavy (non-hydrogen) atoms. The Bertz CT molecular complexity index is 490. The minimum absolute atomic E-state index is 0.0177. The summed E-state index contributed by atoms with van der Waals surface area (Å²) in [5, 5.41) is 12.6. The summed E-state index contributed by atoms with van der Waals surface area (Å²) in [6, 6.07) is 3.92. The van der Waals surface area contributed by atoms with Crippen LogP contribution in [0.2, 0.25) is 0 Å². The van der Waals surface area contributed by atoms with Crippen LogP contribution < -0.4 is 5.32 Å². The van der Waals surface area contributed by atoms with Crippen LogP contribution in [0.1, 0.15) is 37.5 Å². The predicted octanol–water partition coefficient (Wildman–Crippen LogP) is 3.58. The molecule has 0 unspecified atom stereocenters. The van der Waals surface area contributed by atoms with Crippen LogP contribution in [0.25, 0.3) is 6.08 Å². The van der Waals surface area contributed by atoms with E-state index in [1.54, 1.807) is 23.5 Å². The highest BCUT2D eigenvalue weighted by atomic mass is 79.9. The Morgan fingerprint density at radius 3 is 2.80 bits per heavy atom. The lowest BCUT2D eigenvalue weighted by molar-refractivity contribution is -0.119. The zero-order valence-electron chi connectivity index (χ0n) is 11.6. The third-order valence-electron chi connectivity index (χ3n) is 3.92. The minimum Gasteiger partial charge on any atom is -0.394 e. The standard InChI is InChI=1S/C15H20BrNO2S/c1-11-6-8-15(10-18,9-7-11)17-14(19)5-3-12-2-4-13(16)20-12/h2-5,11,18H,6-10H2,1H3,(H,17,19). The molecule has 0 saturated heterocycles. The number of aliphatic hydroxyl groups is 1. The molecule has 0 bridgehead atoms. The van der Waals surface area contributed by atoms with E-state index in [1.165, 1.54) is 0 Å². The van der Waals surface area contributed by atoms with Crippen LogP contribution in [0, 0.1) is 5.92 Å². The lowest BCUT2D eigenvalue weighted by Gasteiger charge is -2.38. The van der Waals surface area contributed by atoms with Gasteiger partial charge in [0.1, 0.15) is 0 Å². The lowest BCUT2D eigenvalue weighted by Crippen LogP contribution is -2.52. The maximum absolute atomic E-state index is 12.0. The van der Waals surface area contributed by atoms with E-state index in [1.807, 2.05) is 12.1 Å². The molecule has 1 aliphatic rings. The first-order chi connectivity index (χ1) is 9.53. The number of rotatable bonds is 4. The molecule has 5 heteroatoms. The first-order valence-electron chi connectivity index (χ1n) is 6.89. The van der Waals surface area contributed by atoms with Crippen molar-refractivity contribution >= 4 is 39.2 Å². The molecular weight excluding hydrogens is 338 g/mol. The van der Waals surface area contributed by atoms with Crippen LogP contribution in [0.15, 0.2) is 22.0 Å². The zero-order chi connectivity index (χ0) is 14.6. The largest absolute Gasteiger partial charge is 0.394 e. The maximum Gasteiger partial charge on any atom is 0.244 e. The van der Waals surface area contributed by atoms with Gasteiger partial charge >= 0.3 is 0 Å². The van der Waals surface area contributed by atoms with Crippen LogP contribution in [-0.2, 0) is 4.79 Å². The third kappa shape index (κ3) is 4.17. The number of amides is 1. The van der Waals surface area contributed by atoms with Gasteiger partial charge < -0.3 is 10.4 Å². The van der Waals surface area contributed by atoms with Crippen molar-refractivity contribution in [1.82, 2.24) is 5.32 Å². The Morgan fingerprint density at radius 2 is 2.25 bits per heavy atom. The highest BCUT2D eigenvalue weighted by Crippen LogP contribution is 2.31. The van der Waals surface area contributed by atoms with Crippen molar-refractivity contribution in [2.24, 2.45) is 5.92 Å². The first kappa shape index (κ1) is 15.7. The summed E-state index contributed by atoms with van der Waals surface area (Å²) in [7, 11) is 0. The predicted molar refractivity (Wildman–Crippen MR) is 86.6 cm³/mol. The number of halogens is 1. The third-order valence-corrected chi connectivity index (χ3v) is 5.50. The molecule has 1 amide bonds. The number of carbonyl (C=O) groups is 1. The molecule has 1 saturated carbocycles. The smallest absolute Gasteiger partial charge is 0.244 e. The van der Waals surface area contributed by atoms with Gasteiger partial charge in [0.25, 0.3) is 0 Å². The van der Waals surface area contributed by atoms with Gasteiger partial charge in [0.15, 0.2) is 0 Å². The number of carbonyl (C=O) groups excluding carboxylic acids is 1. The van der Waals surface area contributed by atoms with Crippen LogP contribution in [0.5, 0.6) is 0 Å². The van der Waals surface area contributed by atoms with Gasteiger partial charge in [-0.3, -0.25) is 4.79 Å². The SMILES string of the molecule is CC1CCC(CO)(NC(=O)C=Cc2ccc(Br)s2)CC1. The Hall–Kier alpha value is -0.650. The molecule has 1 aliphatic carbocycles. The molecule has 110 valence electrons. The maximum atomic E-state index is 12.0. The summed E-state index contributed by atoms with van der Waals surface area (Å²) in [5.41, 5.74) is -0.427. The molecule has 0 spiro atoms. The van der Waals surface area contributed by atoms with Gasteiger partial charge in [-0.05, 0) is 65.7 Å². The summed E-state index contributed by atoms with van der Waals surface area (Å²) >= 11 is 4.98. The summed E-state index contributed by atoms with van der Waals surface area (Å²) in [4.78, 5) is 13.1. The van der Waals surface area contributed by atoms with Crippen molar-refractivity contribution in [3.05, 3.63) is 26.9 Å². The zero-order valence-corrected chi connectivity index (χ0v) is 14.0. The molecule has 0 aromatic carbocycles. The second kappa shape index (κ2) is 6.87. The number of nitrogens with one attached hydrogen (secondary N) is 1. The van der Waals surface area contributed by atoms with Gasteiger partial charge in [-0.15, -0.1) is 11.3 Å². The van der Waals surface area contributed by atoms with Crippen LogP contribution >= 0.6 is 27.3 Å². The van der Waals surface area contributed by atoms with Crippen molar-refractivity contribution in [3.63, 3.8) is 0 Å². The normalized spacial score (nSPS) is 26.9. The molecule has 0 radical (unpaired) electrons. The highest BCUT2D eigenvalue weighted by Gasteiger charge is 2.34. The average Bonchev–Trinajstić information content (AvgIpc) is 2.85. The fourth-order valence-corrected chi connectivity index (χ4v) is 3.84. The highest BCUT2D eigenvalue weighted by molar-refractivity contribution is 9.11. The molecule has 1 aromatic rings. The molecule has 0 aliphatic heterocycles. The lowest BCUT2D eigenvalue weighted by atomic mass is 9.77. The number of hydrogen-bond acceptors (Lipinski definition) is 3. The second-order valence-electron chi connectivity index (χ2n) is 5.59. The molecule has 2 N–H and O–H groups in total. The van der Waals surface area contributed by atoms with E-state index in [-0.39, 0.29) is 12.5 Å². The number of hydrogen-bond donors (Lipinski definition) is 2. The molecule has 3 nitrogen and oxygen atoms in total. The quantitative estimate of drug-likeness (QED) is 0.809. The van der Waals surface area contributed by atoms with E-state index in [0.29, 0.717) is 5.92 Å². The first-order valence-corrected chi connectivity index (χ1v) is 8.50. The van der Waals surface area contributed by atoms with Gasteiger partial charge in [0.05, 0.1) is 15.9 Å². The summed E-state index contributed by atoms with van der Waals surface area (Å²) in [6.45, 7) is 2.24. The fourth-order valence-electron chi connectivity index (χ4n) is 2.52. The van der Waals surface area contributed by atoms with Gasteiger partial charge in [-0.2, -0.15) is 0 Å². The minimum atomic E-state index is -0.427. The van der Waals surface area contributed by atoms with E-state index in [4.69, 9.17) is 0 Å². The van der Waals surface area contributed by atoms with Crippen molar-refractivity contribution < 1.29 is 9.90 Å². The van der Waals surface area contributed by atoms with E-state index in [9.17, 15) is 9.90 Å². The summed E-state index contributed by atoms with van der Waals surface area (Å²) < 4.78 is 1.05. The number of thiophene rings is 1. The van der Waals surface area contributed by atoms with Gasteiger partial charge in [0, 0.05) is 11.0 Å². The average molecular weight is 358 g/mol. The van der Waals surface area contributed by atoms with Gasteiger partial charge in [-0.1, -0.05) is 6.92 Å². The topological polar surface area (TPSA) is 49.3 Å². The van der Waals surface area contributed by atoms with Crippen LogP contribution in [-0.4, -0.2) is 23.2 Å². The van der Waals surface area contributed by atoms with Crippen molar-refractivity contribution in [2.75, 3.05) is 6.61 Å². The Labute approximate surface area is 132 Å². The molecule has 2 rings (SSSR count). The van der Waals surface area contributed by atoms with Crippen molar-refractivity contribution in [3.8, 4) is 0 Å². The molecular formula is C15H20BrNO2S. The van der Waals surface area contributed by atoms with Crippen molar-refractivity contribution in [2.45, 2.75) is 38.1 Å². The van der Waals surface area contributed by atoms with E-state index >= 15 is 0 Å². The fraction of sp³-hybridized carbons (Fsp3) is 0.533. The van der Waals surface area contributed by atoms with Crippen LogP contribution in [0.3, 0.4) is 0 Å². The molecule has 1 fully saturated rings. The van der Waals surface area contributed by atoms with E-state index < -0.39 is 5.54 Å². The van der Waals surface area contributed by atoms with Gasteiger partial charge in [-0.25, -0.2) is 0 Å².